The molecule has 1 saturated heterocycles. The predicted molar refractivity (Wildman–Crippen MR) is 94.4 cm³/mol. The van der Waals surface area contributed by atoms with Crippen LogP contribution in [0.3, 0.4) is 0 Å². The number of pyridine rings is 1. The van der Waals surface area contributed by atoms with Crippen LogP contribution in [0.4, 0.5) is 17.3 Å². The van der Waals surface area contributed by atoms with Crippen LogP contribution in [0.2, 0.25) is 0 Å². The number of rotatable bonds is 3. The van der Waals surface area contributed by atoms with Gasteiger partial charge in [-0.25, -0.2) is 9.97 Å². The zero-order valence-electron chi connectivity index (χ0n) is 14.1. The molecule has 0 atom stereocenters. The molecule has 0 aromatic carbocycles. The minimum absolute atomic E-state index is 0.945. The molecular weight excluding hydrogens is 288 g/mol. The molecular formula is C17H24N6. The van der Waals surface area contributed by atoms with E-state index >= 15 is 0 Å². The quantitative estimate of drug-likeness (QED) is 0.863. The summed E-state index contributed by atoms with van der Waals surface area (Å²) in [6, 6.07) is 4.17. The second-order valence-electron chi connectivity index (χ2n) is 6.12. The highest BCUT2D eigenvalue weighted by Gasteiger charge is 2.18. The zero-order valence-corrected chi connectivity index (χ0v) is 14.1. The first kappa shape index (κ1) is 15.5. The largest absolute Gasteiger partial charge is 0.369 e. The standard InChI is InChI=1S/C17H24N6/c1-14-12-18-6-5-15(14)22-7-4-8-23(10-9-22)17-11-16(21(2)3)19-13-20-17/h5-6,11-13H,4,7-10H2,1-3H3. The van der Waals surface area contributed by atoms with Crippen LogP contribution >= 0.6 is 0 Å². The van der Waals surface area contributed by atoms with Gasteiger partial charge in [-0.05, 0) is 25.0 Å². The smallest absolute Gasteiger partial charge is 0.134 e. The van der Waals surface area contributed by atoms with Crippen LogP contribution in [-0.2, 0) is 0 Å². The van der Waals surface area contributed by atoms with Crippen molar-refractivity contribution in [2.45, 2.75) is 13.3 Å². The van der Waals surface area contributed by atoms with Crippen LogP contribution in [0.5, 0.6) is 0 Å². The second kappa shape index (κ2) is 6.81. The van der Waals surface area contributed by atoms with Crippen molar-refractivity contribution >= 4 is 17.3 Å². The molecule has 2 aromatic rings. The monoisotopic (exact) mass is 312 g/mol. The van der Waals surface area contributed by atoms with E-state index in [1.807, 2.05) is 31.4 Å². The highest BCUT2D eigenvalue weighted by molar-refractivity contribution is 5.53. The Kier molecular flexibility index (Phi) is 4.60. The van der Waals surface area contributed by atoms with Crippen molar-refractivity contribution in [3.05, 3.63) is 36.4 Å². The van der Waals surface area contributed by atoms with Crippen LogP contribution in [0.25, 0.3) is 0 Å². The third-order valence-corrected chi connectivity index (χ3v) is 4.25. The molecule has 6 heteroatoms. The average molecular weight is 312 g/mol. The number of aromatic nitrogens is 3. The molecule has 1 aliphatic heterocycles. The average Bonchev–Trinajstić information content (AvgIpc) is 2.81. The third kappa shape index (κ3) is 3.52. The normalized spacial score (nSPS) is 15.4. The Morgan fingerprint density at radius 3 is 2.61 bits per heavy atom. The Bertz CT molecular complexity index is 657. The van der Waals surface area contributed by atoms with Gasteiger partial charge in [0.05, 0.1) is 0 Å². The van der Waals surface area contributed by atoms with Gasteiger partial charge in [-0.15, -0.1) is 0 Å². The summed E-state index contributed by atoms with van der Waals surface area (Å²) < 4.78 is 0. The molecule has 0 saturated carbocycles. The van der Waals surface area contributed by atoms with E-state index in [1.165, 1.54) is 11.3 Å². The van der Waals surface area contributed by atoms with Crippen LogP contribution in [-0.4, -0.2) is 55.2 Å². The van der Waals surface area contributed by atoms with Gasteiger partial charge in [-0.1, -0.05) is 0 Å². The van der Waals surface area contributed by atoms with Crippen molar-refractivity contribution in [3.8, 4) is 0 Å². The molecule has 6 nitrogen and oxygen atoms in total. The number of hydrogen-bond donors (Lipinski definition) is 0. The van der Waals surface area contributed by atoms with Gasteiger partial charge in [0.2, 0.25) is 0 Å². The van der Waals surface area contributed by atoms with Gasteiger partial charge in [-0.3, -0.25) is 4.98 Å². The summed E-state index contributed by atoms with van der Waals surface area (Å²) in [4.78, 5) is 19.8. The first-order valence-corrected chi connectivity index (χ1v) is 8.05. The summed E-state index contributed by atoms with van der Waals surface area (Å²) in [5.74, 6) is 1.96. The van der Waals surface area contributed by atoms with Crippen molar-refractivity contribution in [2.24, 2.45) is 0 Å². The lowest BCUT2D eigenvalue weighted by Gasteiger charge is -2.25. The lowest BCUT2D eigenvalue weighted by atomic mass is 10.2. The molecule has 122 valence electrons. The molecule has 0 N–H and O–H groups in total. The molecule has 0 unspecified atom stereocenters. The Labute approximate surface area is 137 Å². The van der Waals surface area contributed by atoms with Crippen molar-refractivity contribution in [2.75, 3.05) is 55.0 Å². The van der Waals surface area contributed by atoms with E-state index in [4.69, 9.17) is 0 Å². The number of nitrogens with zero attached hydrogens (tertiary/aromatic N) is 6. The van der Waals surface area contributed by atoms with Crippen molar-refractivity contribution in [1.82, 2.24) is 15.0 Å². The maximum Gasteiger partial charge on any atom is 0.134 e. The summed E-state index contributed by atoms with van der Waals surface area (Å²) in [5, 5.41) is 0. The first-order chi connectivity index (χ1) is 11.1. The van der Waals surface area contributed by atoms with Crippen LogP contribution in [0.15, 0.2) is 30.9 Å². The van der Waals surface area contributed by atoms with Crippen molar-refractivity contribution in [3.63, 3.8) is 0 Å². The maximum absolute atomic E-state index is 4.46. The highest BCUT2D eigenvalue weighted by Crippen LogP contribution is 2.22. The van der Waals surface area contributed by atoms with E-state index in [-0.39, 0.29) is 0 Å². The first-order valence-electron chi connectivity index (χ1n) is 8.05. The Hall–Kier alpha value is -2.37. The molecule has 2 aromatic heterocycles. The molecule has 0 spiro atoms. The van der Waals surface area contributed by atoms with Crippen molar-refractivity contribution in [1.29, 1.82) is 0 Å². The molecule has 0 radical (unpaired) electrons. The molecule has 3 rings (SSSR count). The van der Waals surface area contributed by atoms with Crippen molar-refractivity contribution < 1.29 is 0 Å². The topological polar surface area (TPSA) is 48.4 Å². The van der Waals surface area contributed by atoms with Crippen LogP contribution < -0.4 is 14.7 Å². The molecule has 1 fully saturated rings. The van der Waals surface area contributed by atoms with Crippen LogP contribution in [0.1, 0.15) is 12.0 Å². The maximum atomic E-state index is 4.46. The van der Waals surface area contributed by atoms with E-state index in [9.17, 15) is 0 Å². The highest BCUT2D eigenvalue weighted by atomic mass is 15.3. The van der Waals surface area contributed by atoms with Gasteiger partial charge >= 0.3 is 0 Å². The summed E-state index contributed by atoms with van der Waals surface area (Å²) in [5.41, 5.74) is 2.52. The molecule has 3 heterocycles. The fourth-order valence-corrected chi connectivity index (χ4v) is 2.96. The summed E-state index contributed by atoms with van der Waals surface area (Å²) >= 11 is 0. The molecule has 23 heavy (non-hydrogen) atoms. The van der Waals surface area contributed by atoms with Gasteiger partial charge in [-0.2, -0.15) is 0 Å². The Balaban J connectivity index is 1.74. The number of hydrogen-bond acceptors (Lipinski definition) is 6. The van der Waals surface area contributed by atoms with Gasteiger partial charge in [0.1, 0.15) is 18.0 Å². The minimum Gasteiger partial charge on any atom is -0.369 e. The molecule has 0 aliphatic carbocycles. The molecule has 1 aliphatic rings. The number of aryl methyl sites for hydroxylation is 1. The fraction of sp³-hybridized carbons (Fsp3) is 0.471. The molecule has 0 bridgehead atoms. The lowest BCUT2D eigenvalue weighted by molar-refractivity contribution is 0.794. The fourth-order valence-electron chi connectivity index (χ4n) is 2.96. The van der Waals surface area contributed by atoms with Gasteiger partial charge in [0, 0.05) is 64.4 Å². The van der Waals surface area contributed by atoms with E-state index in [2.05, 4.69) is 43.8 Å². The number of anilines is 3. The van der Waals surface area contributed by atoms with Gasteiger partial charge in [0.15, 0.2) is 0 Å². The Morgan fingerprint density at radius 1 is 1.04 bits per heavy atom. The lowest BCUT2D eigenvalue weighted by Crippen LogP contribution is -2.31. The van der Waals surface area contributed by atoms with E-state index < -0.39 is 0 Å². The molecule has 0 amide bonds. The van der Waals surface area contributed by atoms with E-state index in [0.29, 0.717) is 0 Å². The third-order valence-electron chi connectivity index (χ3n) is 4.25. The Morgan fingerprint density at radius 2 is 1.83 bits per heavy atom. The van der Waals surface area contributed by atoms with Gasteiger partial charge < -0.3 is 14.7 Å². The van der Waals surface area contributed by atoms with Gasteiger partial charge in [0.25, 0.3) is 0 Å². The summed E-state index contributed by atoms with van der Waals surface area (Å²) in [6.07, 6.45) is 6.58. The minimum atomic E-state index is 0.945. The SMILES string of the molecule is Cc1cnccc1N1CCCN(c2cc(N(C)C)ncn2)CC1. The predicted octanol–water partition coefficient (Wildman–Crippen LogP) is 1.96. The summed E-state index contributed by atoms with van der Waals surface area (Å²) in [6.45, 7) is 6.16. The summed E-state index contributed by atoms with van der Waals surface area (Å²) in [7, 11) is 4.00. The zero-order chi connectivity index (χ0) is 16.2. The van der Waals surface area contributed by atoms with E-state index in [0.717, 1.165) is 44.2 Å². The van der Waals surface area contributed by atoms with E-state index in [1.54, 1.807) is 6.33 Å². The van der Waals surface area contributed by atoms with Crippen LogP contribution in [0, 0.1) is 6.92 Å². The second-order valence-corrected chi connectivity index (χ2v) is 6.12.